The molecular weight excluding hydrogens is 336 g/mol. The number of hydrogen-bond donors (Lipinski definition) is 1. The van der Waals surface area contributed by atoms with Gasteiger partial charge in [0.05, 0.1) is 16.8 Å². The second kappa shape index (κ2) is 6.53. The summed E-state index contributed by atoms with van der Waals surface area (Å²) in [4.78, 5) is 16.8. The first-order chi connectivity index (χ1) is 9.97. The van der Waals surface area contributed by atoms with Gasteiger partial charge in [-0.05, 0) is 24.3 Å². The first kappa shape index (κ1) is 15.2. The summed E-state index contributed by atoms with van der Waals surface area (Å²) in [6.45, 7) is 0.360. The highest BCUT2D eigenvalue weighted by molar-refractivity contribution is 9.10. The minimum Gasteiger partial charge on any atom is -0.379 e. The number of nitro groups is 1. The first-order valence-corrected chi connectivity index (χ1v) is 7.07. The van der Waals surface area contributed by atoms with Crippen LogP contribution in [0, 0.1) is 10.1 Å². The molecule has 0 bridgehead atoms. The molecule has 1 aromatic heterocycles. The normalized spacial score (nSPS) is 10.2. The number of halogens is 1. The molecule has 6 nitrogen and oxygen atoms in total. The Morgan fingerprint density at radius 2 is 2.10 bits per heavy atom. The first-order valence-electron chi connectivity index (χ1n) is 6.27. The third kappa shape index (κ3) is 3.91. The molecule has 2 aromatic rings. The monoisotopic (exact) mass is 350 g/mol. The lowest BCUT2D eigenvalue weighted by atomic mass is 10.2. The van der Waals surface area contributed by atoms with E-state index in [1.165, 1.54) is 6.07 Å². The van der Waals surface area contributed by atoms with E-state index in [1.54, 1.807) is 18.3 Å². The minimum absolute atomic E-state index is 0.101. The molecule has 0 aliphatic heterocycles. The van der Waals surface area contributed by atoms with Gasteiger partial charge < -0.3 is 10.2 Å². The molecule has 0 amide bonds. The average Bonchev–Trinajstić information content (AvgIpc) is 2.45. The molecule has 0 saturated carbocycles. The molecule has 110 valence electrons. The smallest absolute Gasteiger partial charge is 0.274 e. The molecule has 0 spiro atoms. The van der Waals surface area contributed by atoms with Crippen LogP contribution in [0.1, 0.15) is 5.56 Å². The second-order valence-corrected chi connectivity index (χ2v) is 5.60. The van der Waals surface area contributed by atoms with Crippen LogP contribution in [-0.4, -0.2) is 24.0 Å². The van der Waals surface area contributed by atoms with E-state index in [0.717, 1.165) is 16.0 Å². The predicted octanol–water partition coefficient (Wildman–Crippen LogP) is 3.43. The summed E-state index contributed by atoms with van der Waals surface area (Å²) in [6, 6.07) is 8.68. The zero-order valence-electron chi connectivity index (χ0n) is 11.7. The second-order valence-electron chi connectivity index (χ2n) is 4.68. The summed E-state index contributed by atoms with van der Waals surface area (Å²) in [7, 11) is 3.83. The molecular formula is C14H15BrN4O2. The third-order valence-electron chi connectivity index (χ3n) is 2.93. The highest BCUT2D eigenvalue weighted by Crippen LogP contribution is 2.24. The Labute approximate surface area is 131 Å². The van der Waals surface area contributed by atoms with E-state index in [4.69, 9.17) is 0 Å². The molecule has 21 heavy (non-hydrogen) atoms. The number of aromatic nitrogens is 1. The standard InChI is InChI=1S/C14H15BrN4O2/c1-18(2)14-6-4-12(9-17-14)16-8-10-7-11(15)3-5-13(10)19(20)21/h3-7,9,16H,8H2,1-2H3. The molecule has 2 rings (SSSR count). The molecule has 0 aliphatic rings. The summed E-state index contributed by atoms with van der Waals surface area (Å²) in [6.07, 6.45) is 1.71. The van der Waals surface area contributed by atoms with Gasteiger partial charge in [0.1, 0.15) is 5.82 Å². The number of benzene rings is 1. The SMILES string of the molecule is CN(C)c1ccc(NCc2cc(Br)ccc2[N+](=O)[O-])cn1. The van der Waals surface area contributed by atoms with Gasteiger partial charge in [0.15, 0.2) is 0 Å². The summed E-state index contributed by atoms with van der Waals surface area (Å²) < 4.78 is 0.811. The quantitative estimate of drug-likeness (QED) is 0.660. The van der Waals surface area contributed by atoms with Crippen molar-refractivity contribution in [2.75, 3.05) is 24.3 Å². The molecule has 1 aromatic carbocycles. The van der Waals surface area contributed by atoms with Crippen LogP contribution in [0.5, 0.6) is 0 Å². The van der Waals surface area contributed by atoms with E-state index < -0.39 is 0 Å². The minimum atomic E-state index is -0.378. The Bertz CT molecular complexity index is 644. The summed E-state index contributed by atoms with van der Waals surface area (Å²) in [5, 5.41) is 14.2. The topological polar surface area (TPSA) is 71.3 Å². The maximum absolute atomic E-state index is 11.0. The van der Waals surface area contributed by atoms with Crippen LogP contribution in [0.25, 0.3) is 0 Å². The fourth-order valence-corrected chi connectivity index (χ4v) is 2.23. The van der Waals surface area contributed by atoms with E-state index in [9.17, 15) is 10.1 Å². The van der Waals surface area contributed by atoms with Crippen molar-refractivity contribution in [1.82, 2.24) is 4.98 Å². The van der Waals surface area contributed by atoms with Gasteiger partial charge in [-0.1, -0.05) is 15.9 Å². The summed E-state index contributed by atoms with van der Waals surface area (Å²) >= 11 is 3.33. The Kier molecular flexibility index (Phi) is 4.74. The Morgan fingerprint density at radius 1 is 1.33 bits per heavy atom. The molecule has 0 atom stereocenters. The van der Waals surface area contributed by atoms with Crippen LogP contribution >= 0.6 is 15.9 Å². The lowest BCUT2D eigenvalue weighted by Gasteiger charge is -2.12. The van der Waals surface area contributed by atoms with E-state index in [-0.39, 0.29) is 10.6 Å². The highest BCUT2D eigenvalue weighted by atomic mass is 79.9. The summed E-state index contributed by atoms with van der Waals surface area (Å²) in [5.41, 5.74) is 1.53. The fraction of sp³-hybridized carbons (Fsp3) is 0.214. The Balaban J connectivity index is 2.12. The van der Waals surface area contributed by atoms with Crippen LogP contribution in [0.3, 0.4) is 0 Å². The van der Waals surface area contributed by atoms with Crippen LogP contribution < -0.4 is 10.2 Å². The number of pyridine rings is 1. The van der Waals surface area contributed by atoms with Crippen molar-refractivity contribution >= 4 is 33.1 Å². The van der Waals surface area contributed by atoms with Crippen LogP contribution in [-0.2, 0) is 6.54 Å². The van der Waals surface area contributed by atoms with Crippen molar-refractivity contribution in [3.8, 4) is 0 Å². The van der Waals surface area contributed by atoms with Gasteiger partial charge in [-0.25, -0.2) is 4.98 Å². The lowest BCUT2D eigenvalue weighted by molar-refractivity contribution is -0.385. The number of nitrogens with one attached hydrogen (secondary N) is 1. The highest BCUT2D eigenvalue weighted by Gasteiger charge is 2.13. The predicted molar refractivity (Wildman–Crippen MR) is 86.7 cm³/mol. The third-order valence-corrected chi connectivity index (χ3v) is 3.42. The average molecular weight is 351 g/mol. The van der Waals surface area contributed by atoms with Crippen LogP contribution in [0.15, 0.2) is 41.0 Å². The molecule has 7 heteroatoms. The number of rotatable bonds is 5. The van der Waals surface area contributed by atoms with Gasteiger partial charge in [-0.2, -0.15) is 0 Å². The van der Waals surface area contributed by atoms with Crippen LogP contribution in [0.2, 0.25) is 0 Å². The van der Waals surface area contributed by atoms with Gasteiger partial charge in [-0.15, -0.1) is 0 Å². The van der Waals surface area contributed by atoms with Gasteiger partial charge in [-0.3, -0.25) is 10.1 Å². The molecule has 0 radical (unpaired) electrons. The maximum atomic E-state index is 11.0. The van der Waals surface area contributed by atoms with Crippen molar-refractivity contribution in [3.05, 3.63) is 56.7 Å². The van der Waals surface area contributed by atoms with Crippen molar-refractivity contribution in [3.63, 3.8) is 0 Å². The number of hydrogen-bond acceptors (Lipinski definition) is 5. The molecule has 1 N–H and O–H groups in total. The van der Waals surface area contributed by atoms with Crippen molar-refractivity contribution < 1.29 is 4.92 Å². The number of nitrogens with zero attached hydrogens (tertiary/aromatic N) is 3. The summed E-state index contributed by atoms with van der Waals surface area (Å²) in [5.74, 6) is 0.856. The molecule has 0 fully saturated rings. The molecule has 1 heterocycles. The van der Waals surface area contributed by atoms with Crippen molar-refractivity contribution in [2.24, 2.45) is 0 Å². The zero-order chi connectivity index (χ0) is 15.4. The van der Waals surface area contributed by atoms with E-state index in [1.807, 2.05) is 31.1 Å². The largest absolute Gasteiger partial charge is 0.379 e. The molecule has 0 saturated heterocycles. The van der Waals surface area contributed by atoms with Gasteiger partial charge in [0, 0.05) is 36.7 Å². The number of anilines is 2. The van der Waals surface area contributed by atoms with E-state index >= 15 is 0 Å². The van der Waals surface area contributed by atoms with Crippen LogP contribution in [0.4, 0.5) is 17.2 Å². The van der Waals surface area contributed by atoms with Gasteiger partial charge in [0.2, 0.25) is 0 Å². The maximum Gasteiger partial charge on any atom is 0.274 e. The van der Waals surface area contributed by atoms with Crippen molar-refractivity contribution in [1.29, 1.82) is 0 Å². The zero-order valence-corrected chi connectivity index (χ0v) is 13.3. The number of nitro benzene ring substituents is 1. The molecule has 0 unspecified atom stereocenters. The van der Waals surface area contributed by atoms with Crippen molar-refractivity contribution in [2.45, 2.75) is 6.54 Å². The van der Waals surface area contributed by atoms with E-state index in [0.29, 0.717) is 12.1 Å². The fourth-order valence-electron chi connectivity index (χ4n) is 1.83. The van der Waals surface area contributed by atoms with Gasteiger partial charge in [0.25, 0.3) is 5.69 Å². The Hall–Kier alpha value is -2.15. The van der Waals surface area contributed by atoms with Gasteiger partial charge >= 0.3 is 0 Å². The Morgan fingerprint density at radius 3 is 2.67 bits per heavy atom. The lowest BCUT2D eigenvalue weighted by Crippen LogP contribution is -2.10. The van der Waals surface area contributed by atoms with E-state index in [2.05, 4.69) is 26.2 Å². The molecule has 0 aliphatic carbocycles.